The highest BCUT2D eigenvalue weighted by Crippen LogP contribution is 2.24. The molecule has 32 heavy (non-hydrogen) atoms. The Hall–Kier alpha value is -2.04. The van der Waals surface area contributed by atoms with E-state index in [4.69, 9.17) is 23.2 Å². The van der Waals surface area contributed by atoms with E-state index in [0.717, 1.165) is 11.1 Å². The molecule has 2 aromatic carbocycles. The van der Waals surface area contributed by atoms with Crippen molar-refractivity contribution in [1.82, 2.24) is 10.2 Å². The fourth-order valence-electron chi connectivity index (χ4n) is 3.60. The van der Waals surface area contributed by atoms with E-state index in [9.17, 15) is 9.59 Å². The van der Waals surface area contributed by atoms with Crippen molar-refractivity contribution >= 4 is 35.0 Å². The van der Waals surface area contributed by atoms with Gasteiger partial charge >= 0.3 is 0 Å². The first-order chi connectivity index (χ1) is 15.1. The molecule has 174 valence electrons. The molecule has 0 radical (unpaired) electrons. The Kier molecular flexibility index (Phi) is 10.0. The van der Waals surface area contributed by atoms with E-state index < -0.39 is 6.04 Å². The van der Waals surface area contributed by atoms with Crippen LogP contribution in [0.25, 0.3) is 0 Å². The van der Waals surface area contributed by atoms with Gasteiger partial charge in [-0.1, -0.05) is 74.3 Å². The van der Waals surface area contributed by atoms with Gasteiger partial charge in [0.15, 0.2) is 0 Å². The second-order valence-corrected chi connectivity index (χ2v) is 9.57. The summed E-state index contributed by atoms with van der Waals surface area (Å²) in [6, 6.07) is 13.1. The largest absolute Gasteiger partial charge is 0.352 e. The second-order valence-electron chi connectivity index (χ2n) is 8.75. The van der Waals surface area contributed by atoms with Crippen molar-refractivity contribution in [2.75, 3.05) is 0 Å². The van der Waals surface area contributed by atoms with Crippen LogP contribution in [0.4, 0.5) is 0 Å². The van der Waals surface area contributed by atoms with Crippen molar-refractivity contribution < 1.29 is 9.59 Å². The first kappa shape index (κ1) is 26.2. The van der Waals surface area contributed by atoms with Crippen LogP contribution in [0.5, 0.6) is 0 Å². The Balaban J connectivity index is 2.21. The van der Waals surface area contributed by atoms with E-state index in [2.05, 4.69) is 43.4 Å². The van der Waals surface area contributed by atoms with Gasteiger partial charge in [-0.2, -0.15) is 0 Å². The second kappa shape index (κ2) is 12.3. The number of nitrogens with zero attached hydrogens (tertiary/aromatic N) is 1. The molecule has 4 nitrogen and oxygen atoms in total. The average molecular weight is 477 g/mol. The topological polar surface area (TPSA) is 49.4 Å². The summed E-state index contributed by atoms with van der Waals surface area (Å²) in [5.74, 6) is 0.268. The van der Waals surface area contributed by atoms with Gasteiger partial charge in [-0.15, -0.1) is 0 Å². The normalized spacial score (nSPS) is 12.2. The summed E-state index contributed by atoms with van der Waals surface area (Å²) in [5, 5.41) is 3.84. The molecule has 0 bridgehead atoms. The highest BCUT2D eigenvalue weighted by molar-refractivity contribution is 6.42. The van der Waals surface area contributed by atoms with Gasteiger partial charge in [-0.25, -0.2) is 0 Å². The number of hydrogen-bond donors (Lipinski definition) is 1. The van der Waals surface area contributed by atoms with Crippen LogP contribution in [0.3, 0.4) is 0 Å². The maximum atomic E-state index is 13.3. The van der Waals surface area contributed by atoms with Crippen molar-refractivity contribution in [3.05, 3.63) is 69.2 Å². The zero-order chi connectivity index (χ0) is 23.8. The number of nitrogens with one attached hydrogen (secondary N) is 1. The molecular formula is C26H34Cl2N2O2. The van der Waals surface area contributed by atoms with E-state index in [1.807, 2.05) is 26.8 Å². The molecule has 0 fully saturated rings. The Morgan fingerprint density at radius 1 is 0.938 bits per heavy atom. The SMILES string of the molecule is CC[C@@H](C(=O)NC(C)C)N(Cc1ccc(Cl)c(Cl)c1)C(=O)CCc1ccc(C(C)C)cc1. The summed E-state index contributed by atoms with van der Waals surface area (Å²) in [6.45, 7) is 10.4. The van der Waals surface area contributed by atoms with Crippen LogP contribution in [0.1, 0.15) is 70.1 Å². The summed E-state index contributed by atoms with van der Waals surface area (Å²) in [4.78, 5) is 27.9. The Labute approximate surface area is 202 Å². The zero-order valence-corrected chi connectivity index (χ0v) is 21.1. The van der Waals surface area contributed by atoms with E-state index in [-0.39, 0.29) is 17.9 Å². The Morgan fingerprint density at radius 3 is 2.09 bits per heavy atom. The van der Waals surface area contributed by atoms with Crippen molar-refractivity contribution in [3.8, 4) is 0 Å². The molecule has 0 saturated carbocycles. The smallest absolute Gasteiger partial charge is 0.243 e. The van der Waals surface area contributed by atoms with Crippen LogP contribution in [0, 0.1) is 0 Å². The summed E-state index contributed by atoms with van der Waals surface area (Å²) in [7, 11) is 0. The summed E-state index contributed by atoms with van der Waals surface area (Å²) in [5.41, 5.74) is 3.22. The minimum absolute atomic E-state index is 0.00190. The van der Waals surface area contributed by atoms with Crippen molar-refractivity contribution in [3.63, 3.8) is 0 Å². The molecule has 0 saturated heterocycles. The van der Waals surface area contributed by atoms with Gasteiger partial charge in [0.05, 0.1) is 10.0 Å². The van der Waals surface area contributed by atoms with Gasteiger partial charge in [0.1, 0.15) is 6.04 Å². The van der Waals surface area contributed by atoms with Crippen LogP contribution in [-0.4, -0.2) is 28.8 Å². The van der Waals surface area contributed by atoms with Gasteiger partial charge in [0.25, 0.3) is 0 Å². The first-order valence-electron chi connectivity index (χ1n) is 11.2. The highest BCUT2D eigenvalue weighted by Gasteiger charge is 2.28. The molecule has 0 aliphatic rings. The number of aryl methyl sites for hydroxylation is 1. The van der Waals surface area contributed by atoms with Crippen molar-refractivity contribution in [1.29, 1.82) is 0 Å². The lowest BCUT2D eigenvalue weighted by molar-refractivity contribution is -0.141. The number of hydrogen-bond acceptors (Lipinski definition) is 2. The molecule has 0 aliphatic heterocycles. The highest BCUT2D eigenvalue weighted by atomic mass is 35.5. The molecule has 0 aromatic heterocycles. The summed E-state index contributed by atoms with van der Waals surface area (Å²) < 4.78 is 0. The van der Waals surface area contributed by atoms with E-state index in [1.165, 1.54) is 5.56 Å². The number of rotatable bonds is 10. The lowest BCUT2D eigenvalue weighted by Gasteiger charge is -2.31. The molecular weight excluding hydrogens is 443 g/mol. The fraction of sp³-hybridized carbons (Fsp3) is 0.462. The minimum atomic E-state index is -0.553. The monoisotopic (exact) mass is 476 g/mol. The minimum Gasteiger partial charge on any atom is -0.352 e. The van der Waals surface area contributed by atoms with Crippen LogP contribution < -0.4 is 5.32 Å². The quantitative estimate of drug-likeness (QED) is 0.432. The lowest BCUT2D eigenvalue weighted by Crippen LogP contribution is -2.50. The van der Waals surface area contributed by atoms with Gasteiger partial charge in [-0.05, 0) is 61.4 Å². The van der Waals surface area contributed by atoms with E-state index >= 15 is 0 Å². The molecule has 0 unspecified atom stereocenters. The fourth-order valence-corrected chi connectivity index (χ4v) is 3.92. The lowest BCUT2D eigenvalue weighted by atomic mass is 10.00. The third-order valence-corrected chi connectivity index (χ3v) is 6.17. The molecule has 1 N–H and O–H groups in total. The van der Waals surface area contributed by atoms with E-state index in [0.29, 0.717) is 41.8 Å². The summed E-state index contributed by atoms with van der Waals surface area (Å²) >= 11 is 12.2. The number of carbonyl (C=O) groups excluding carboxylic acids is 2. The third kappa shape index (κ3) is 7.53. The molecule has 1 atom stereocenters. The molecule has 0 heterocycles. The Morgan fingerprint density at radius 2 is 1.56 bits per heavy atom. The van der Waals surface area contributed by atoms with Crippen LogP contribution in [0.2, 0.25) is 10.0 Å². The van der Waals surface area contributed by atoms with Gasteiger partial charge in [-0.3, -0.25) is 9.59 Å². The molecule has 6 heteroatoms. The van der Waals surface area contributed by atoms with Crippen LogP contribution >= 0.6 is 23.2 Å². The van der Waals surface area contributed by atoms with Crippen molar-refractivity contribution in [2.24, 2.45) is 0 Å². The van der Waals surface area contributed by atoms with Gasteiger partial charge in [0, 0.05) is 19.0 Å². The maximum Gasteiger partial charge on any atom is 0.243 e. The average Bonchev–Trinajstić information content (AvgIpc) is 2.74. The van der Waals surface area contributed by atoms with Gasteiger partial charge in [0.2, 0.25) is 11.8 Å². The first-order valence-corrected chi connectivity index (χ1v) is 12.0. The molecule has 0 aliphatic carbocycles. The third-order valence-electron chi connectivity index (χ3n) is 5.43. The molecule has 2 aromatic rings. The van der Waals surface area contributed by atoms with Crippen LogP contribution in [-0.2, 0) is 22.6 Å². The zero-order valence-electron chi connectivity index (χ0n) is 19.6. The van der Waals surface area contributed by atoms with Crippen molar-refractivity contribution in [2.45, 2.75) is 78.4 Å². The number of halogens is 2. The number of carbonyl (C=O) groups is 2. The standard InChI is InChI=1S/C26H34Cl2N2O2/c1-6-24(26(32)29-18(4)5)30(16-20-9-13-22(27)23(28)15-20)25(31)14-10-19-7-11-21(12-8-19)17(2)3/h7-9,11-13,15,17-18,24H,6,10,14,16H2,1-5H3,(H,29,32)/t24-/m0/s1. The molecule has 2 amide bonds. The molecule has 0 spiro atoms. The van der Waals surface area contributed by atoms with Crippen LogP contribution in [0.15, 0.2) is 42.5 Å². The predicted molar refractivity (Wildman–Crippen MR) is 133 cm³/mol. The summed E-state index contributed by atoms with van der Waals surface area (Å²) in [6.07, 6.45) is 1.47. The Bertz CT molecular complexity index is 911. The van der Waals surface area contributed by atoms with E-state index in [1.54, 1.807) is 17.0 Å². The maximum absolute atomic E-state index is 13.3. The van der Waals surface area contributed by atoms with Gasteiger partial charge < -0.3 is 10.2 Å². The number of benzene rings is 2. The number of amides is 2. The molecule has 2 rings (SSSR count). The predicted octanol–water partition coefficient (Wildman–Crippen LogP) is 6.38.